The second kappa shape index (κ2) is 7.21. The highest BCUT2D eigenvalue weighted by Crippen LogP contribution is 2.38. The molecular weight excluding hydrogens is 297 g/mol. The first-order chi connectivity index (χ1) is 10.1. The van der Waals surface area contributed by atoms with Crippen LogP contribution in [0.25, 0.3) is 0 Å². The van der Waals surface area contributed by atoms with Gasteiger partial charge in [-0.05, 0) is 26.2 Å². The topological polar surface area (TPSA) is 93.8 Å². The minimum Gasteiger partial charge on any atom is -0.370 e. The van der Waals surface area contributed by atoms with Crippen molar-refractivity contribution < 1.29 is 18.0 Å². The Hall–Kier alpha value is -1.44. The first-order valence-electron chi connectivity index (χ1n) is 7.26. The minimum atomic E-state index is -4.33. The number of nitrogens with two attached hydrogens (primary N) is 2. The fraction of sp³-hybridized carbons (Fsp3) is 0.786. The molecule has 1 aliphatic heterocycles. The molecular formula is C14H23F3N4O. The number of hydrogen-bond donors (Lipinski definition) is 2. The molecule has 1 rings (SSSR count). The molecule has 0 saturated heterocycles. The van der Waals surface area contributed by atoms with Crippen molar-refractivity contribution in [1.82, 2.24) is 0 Å². The first-order valence-corrected chi connectivity index (χ1v) is 7.26. The Morgan fingerprint density at radius 1 is 1.50 bits per heavy atom. The minimum absolute atomic E-state index is 0.0743. The summed E-state index contributed by atoms with van der Waals surface area (Å²) in [6, 6.07) is 0. The lowest BCUT2D eigenvalue weighted by Crippen LogP contribution is -2.50. The lowest BCUT2D eigenvalue weighted by molar-refractivity contribution is -0.192. The van der Waals surface area contributed by atoms with Gasteiger partial charge in [0.1, 0.15) is 6.34 Å². The Morgan fingerprint density at radius 2 is 2.14 bits per heavy atom. The molecule has 126 valence electrons. The van der Waals surface area contributed by atoms with Crippen LogP contribution in [-0.2, 0) is 4.79 Å². The number of primary amides is 1. The van der Waals surface area contributed by atoms with Crippen molar-refractivity contribution in [2.45, 2.75) is 51.2 Å². The molecule has 0 aromatic rings. The highest BCUT2D eigenvalue weighted by Gasteiger charge is 2.47. The summed E-state index contributed by atoms with van der Waals surface area (Å²) in [7, 11) is 0. The second-order valence-corrected chi connectivity index (χ2v) is 5.98. The van der Waals surface area contributed by atoms with Crippen LogP contribution in [0.2, 0.25) is 0 Å². The van der Waals surface area contributed by atoms with Crippen molar-refractivity contribution >= 4 is 18.0 Å². The predicted molar refractivity (Wildman–Crippen MR) is 79.8 cm³/mol. The van der Waals surface area contributed by atoms with Crippen molar-refractivity contribution in [2.75, 3.05) is 6.54 Å². The Kier molecular flexibility index (Phi) is 6.10. The molecule has 8 heteroatoms. The second-order valence-electron chi connectivity index (χ2n) is 5.98. The highest BCUT2D eigenvalue weighted by atomic mass is 19.4. The molecule has 0 fully saturated rings. The molecule has 1 aliphatic rings. The maximum absolute atomic E-state index is 13.0. The predicted octanol–water partition coefficient (Wildman–Crippen LogP) is 2.05. The number of hydrogen-bond acceptors (Lipinski definition) is 4. The van der Waals surface area contributed by atoms with Gasteiger partial charge in [-0.1, -0.05) is 6.92 Å². The maximum atomic E-state index is 13.0. The van der Waals surface area contributed by atoms with Crippen molar-refractivity contribution in [3.8, 4) is 0 Å². The van der Waals surface area contributed by atoms with Crippen LogP contribution in [0.3, 0.4) is 0 Å². The molecule has 0 radical (unpaired) electrons. The molecule has 0 aromatic carbocycles. The summed E-state index contributed by atoms with van der Waals surface area (Å²) in [5.74, 6) is -2.30. The van der Waals surface area contributed by atoms with Gasteiger partial charge in [0.15, 0.2) is 0 Å². The number of halogens is 3. The average Bonchev–Trinajstić information content (AvgIpc) is 2.35. The largest absolute Gasteiger partial charge is 0.393 e. The number of carbonyl (C=O) groups excluding carboxylic acids is 1. The van der Waals surface area contributed by atoms with Crippen LogP contribution in [-0.4, -0.2) is 36.2 Å². The molecule has 0 spiro atoms. The van der Waals surface area contributed by atoms with Gasteiger partial charge in [-0.25, -0.2) is 4.99 Å². The monoisotopic (exact) mass is 320 g/mol. The molecule has 2 unspecified atom stereocenters. The zero-order valence-electron chi connectivity index (χ0n) is 12.9. The smallest absolute Gasteiger partial charge is 0.370 e. The van der Waals surface area contributed by atoms with Crippen molar-refractivity contribution in [3.05, 3.63) is 0 Å². The Bertz CT molecular complexity index is 457. The summed E-state index contributed by atoms with van der Waals surface area (Å²) in [5.41, 5.74) is 10.4. The van der Waals surface area contributed by atoms with E-state index in [0.717, 1.165) is 0 Å². The number of alkyl halides is 3. The van der Waals surface area contributed by atoms with Crippen LogP contribution >= 0.6 is 0 Å². The van der Waals surface area contributed by atoms with E-state index < -0.39 is 23.5 Å². The van der Waals surface area contributed by atoms with Gasteiger partial charge in [0.2, 0.25) is 5.91 Å². The molecule has 3 atom stereocenters. The molecule has 5 nitrogen and oxygen atoms in total. The standard InChI is InChI=1S/C14H23F3N4O/c1-3-11(14(15,16)17)13(2,19)5-4-10-9(6-12(18)22)7-20-8-21-10/h8-9,11H,3-7,19H2,1-2H3,(H2,18,22)/t9-,11?,13?/m0/s1. The fourth-order valence-electron chi connectivity index (χ4n) is 2.84. The lowest BCUT2D eigenvalue weighted by atomic mass is 9.79. The molecule has 1 heterocycles. The van der Waals surface area contributed by atoms with E-state index in [1.807, 2.05) is 0 Å². The molecule has 0 saturated carbocycles. The number of aliphatic imine (C=N–C) groups is 2. The van der Waals surface area contributed by atoms with Gasteiger partial charge >= 0.3 is 6.18 Å². The first kappa shape index (κ1) is 18.6. The highest BCUT2D eigenvalue weighted by molar-refractivity contribution is 5.96. The lowest BCUT2D eigenvalue weighted by Gasteiger charge is -2.35. The van der Waals surface area contributed by atoms with E-state index in [4.69, 9.17) is 11.5 Å². The van der Waals surface area contributed by atoms with Gasteiger partial charge in [-0.3, -0.25) is 9.79 Å². The third-order valence-corrected chi connectivity index (χ3v) is 4.07. The van der Waals surface area contributed by atoms with Gasteiger partial charge in [0.05, 0.1) is 5.92 Å². The Labute approximate surface area is 128 Å². The van der Waals surface area contributed by atoms with Crippen LogP contribution in [0, 0.1) is 11.8 Å². The van der Waals surface area contributed by atoms with E-state index in [1.54, 1.807) is 0 Å². The Balaban J connectivity index is 2.75. The summed E-state index contributed by atoms with van der Waals surface area (Å²) in [4.78, 5) is 19.1. The van der Waals surface area contributed by atoms with Gasteiger partial charge < -0.3 is 11.5 Å². The number of carbonyl (C=O) groups is 1. The van der Waals surface area contributed by atoms with E-state index in [2.05, 4.69) is 9.98 Å². The van der Waals surface area contributed by atoms with Gasteiger partial charge in [-0.2, -0.15) is 13.2 Å². The zero-order chi connectivity index (χ0) is 17.0. The van der Waals surface area contributed by atoms with E-state index in [-0.39, 0.29) is 25.2 Å². The van der Waals surface area contributed by atoms with E-state index in [9.17, 15) is 18.0 Å². The fourth-order valence-corrected chi connectivity index (χ4v) is 2.84. The summed E-state index contributed by atoms with van der Waals surface area (Å²) in [6.07, 6.45) is -2.53. The third kappa shape index (κ3) is 5.08. The molecule has 22 heavy (non-hydrogen) atoms. The normalized spacial score (nSPS) is 22.8. The van der Waals surface area contributed by atoms with Crippen LogP contribution in [0.5, 0.6) is 0 Å². The van der Waals surface area contributed by atoms with Crippen molar-refractivity contribution in [1.29, 1.82) is 0 Å². The molecule has 0 aliphatic carbocycles. The molecule has 0 aromatic heterocycles. The summed E-state index contributed by atoms with van der Waals surface area (Å²) in [6.45, 7) is 3.26. The van der Waals surface area contributed by atoms with E-state index in [0.29, 0.717) is 18.7 Å². The van der Waals surface area contributed by atoms with Crippen LogP contribution in [0.1, 0.15) is 39.5 Å². The van der Waals surface area contributed by atoms with E-state index >= 15 is 0 Å². The SMILES string of the molecule is CCC(C(F)(F)F)C(C)(N)CCC1=NC=NC[C@@H]1CC(N)=O. The summed E-state index contributed by atoms with van der Waals surface area (Å²) < 4.78 is 39.1. The average molecular weight is 320 g/mol. The quantitative estimate of drug-likeness (QED) is 0.751. The summed E-state index contributed by atoms with van der Waals surface area (Å²) >= 11 is 0. The Morgan fingerprint density at radius 3 is 2.64 bits per heavy atom. The molecule has 4 N–H and O–H groups in total. The summed E-state index contributed by atoms with van der Waals surface area (Å²) in [5, 5.41) is 0. The van der Waals surface area contributed by atoms with Crippen LogP contribution in [0.4, 0.5) is 13.2 Å². The van der Waals surface area contributed by atoms with Gasteiger partial charge in [0, 0.05) is 30.1 Å². The third-order valence-electron chi connectivity index (χ3n) is 4.07. The molecule has 0 bridgehead atoms. The van der Waals surface area contributed by atoms with Crippen LogP contribution < -0.4 is 11.5 Å². The van der Waals surface area contributed by atoms with Gasteiger partial charge in [0.25, 0.3) is 0 Å². The number of rotatable bonds is 7. The zero-order valence-corrected chi connectivity index (χ0v) is 12.9. The van der Waals surface area contributed by atoms with Crippen LogP contribution in [0.15, 0.2) is 9.98 Å². The van der Waals surface area contributed by atoms with Gasteiger partial charge in [-0.15, -0.1) is 0 Å². The van der Waals surface area contributed by atoms with Crippen molar-refractivity contribution in [3.63, 3.8) is 0 Å². The van der Waals surface area contributed by atoms with E-state index in [1.165, 1.54) is 20.2 Å². The number of amides is 1. The maximum Gasteiger partial charge on any atom is 0.393 e. The number of nitrogens with zero attached hydrogens (tertiary/aromatic N) is 2. The molecule has 1 amide bonds. The van der Waals surface area contributed by atoms with Crippen molar-refractivity contribution in [2.24, 2.45) is 33.3 Å².